The van der Waals surface area contributed by atoms with Gasteiger partial charge in [-0.15, -0.1) is 0 Å². The summed E-state index contributed by atoms with van der Waals surface area (Å²) in [6.07, 6.45) is 11.7. The molecule has 32 heavy (non-hydrogen) atoms. The molecule has 1 aliphatic carbocycles. The second-order valence-corrected chi connectivity index (χ2v) is 9.62. The Labute approximate surface area is 193 Å². The van der Waals surface area contributed by atoms with Gasteiger partial charge in [0.25, 0.3) is 0 Å². The summed E-state index contributed by atoms with van der Waals surface area (Å²) in [5, 5.41) is 2.59. The van der Waals surface area contributed by atoms with Gasteiger partial charge in [0.15, 0.2) is 0 Å². The highest BCUT2D eigenvalue weighted by atomic mass is 31.1. The second-order valence-electron chi connectivity index (χ2n) is 8.34. The molecule has 1 aliphatic rings. The van der Waals surface area contributed by atoms with Crippen LogP contribution >= 0.6 is 8.58 Å². The van der Waals surface area contributed by atoms with Gasteiger partial charge in [-0.1, -0.05) is 75.3 Å². The number of ether oxygens (including phenoxy) is 1. The third kappa shape index (κ3) is 5.64. The van der Waals surface area contributed by atoms with Crippen LogP contribution in [0.15, 0.2) is 90.0 Å². The van der Waals surface area contributed by atoms with E-state index in [2.05, 4.69) is 75.4 Å². The maximum atomic E-state index is 6.43. The van der Waals surface area contributed by atoms with Gasteiger partial charge >= 0.3 is 0 Å². The zero-order chi connectivity index (χ0) is 22.3. The van der Waals surface area contributed by atoms with E-state index >= 15 is 0 Å². The molecule has 0 aromatic heterocycles. The summed E-state index contributed by atoms with van der Waals surface area (Å²) in [4.78, 5) is 4.71. The molecule has 0 bridgehead atoms. The molecule has 162 valence electrons. The first kappa shape index (κ1) is 22.2. The third-order valence-corrected chi connectivity index (χ3v) is 7.18. The predicted molar refractivity (Wildman–Crippen MR) is 140 cm³/mol. The summed E-state index contributed by atoms with van der Waals surface area (Å²) in [7, 11) is 0.504. The van der Waals surface area contributed by atoms with Crippen LogP contribution in [0, 0.1) is 26.7 Å². The van der Waals surface area contributed by atoms with Gasteiger partial charge in [0.05, 0.1) is 12.3 Å². The summed E-state index contributed by atoms with van der Waals surface area (Å²) in [5.74, 6) is 1.47. The molecule has 0 spiro atoms. The molecule has 3 aromatic carbocycles. The average Bonchev–Trinajstić information content (AvgIpc) is 2.80. The van der Waals surface area contributed by atoms with Crippen LogP contribution in [0.4, 0.5) is 5.69 Å². The molecule has 0 amide bonds. The number of aryl methyl sites for hydroxylation is 3. The van der Waals surface area contributed by atoms with Gasteiger partial charge in [-0.3, -0.25) is 4.99 Å². The summed E-state index contributed by atoms with van der Waals surface area (Å²) in [6.45, 7) is 7.21. The number of rotatable bonds is 7. The molecule has 0 fully saturated rings. The number of benzene rings is 3. The minimum Gasteiger partial charge on any atom is -0.492 e. The lowest BCUT2D eigenvalue weighted by atomic mass is 10.0. The first-order valence-corrected chi connectivity index (χ1v) is 12.1. The van der Waals surface area contributed by atoms with E-state index in [4.69, 9.17) is 9.73 Å². The zero-order valence-corrected chi connectivity index (χ0v) is 20.0. The smallest absolute Gasteiger partial charge is 0.129 e. The molecule has 2 nitrogen and oxygen atoms in total. The Bertz CT molecular complexity index is 1160. The molecule has 3 aromatic rings. The standard InChI is InChI=1S/C29H30NOP/c1-21-17-23(3)28(31-20-24-12-6-4-7-13-24)27(18-21)32-29-22(2)11-10-14-25(29)19-30-26-15-8-5-9-16-26/h4-12,14-19,24,32H,13,20H2,1-3H3. The van der Waals surface area contributed by atoms with Gasteiger partial charge in [0, 0.05) is 23.0 Å². The fourth-order valence-electron chi connectivity index (χ4n) is 3.95. The van der Waals surface area contributed by atoms with E-state index in [1.165, 1.54) is 27.3 Å². The Hall–Kier alpha value is -2.96. The van der Waals surface area contributed by atoms with Crippen molar-refractivity contribution in [3.8, 4) is 5.75 Å². The van der Waals surface area contributed by atoms with Crippen molar-refractivity contribution in [3.05, 3.63) is 107 Å². The molecular formula is C29H30NOP. The monoisotopic (exact) mass is 439 g/mol. The predicted octanol–water partition coefficient (Wildman–Crippen LogP) is 6.50. The summed E-state index contributed by atoms with van der Waals surface area (Å²) < 4.78 is 6.43. The van der Waals surface area contributed by atoms with Crippen molar-refractivity contribution in [1.82, 2.24) is 0 Å². The molecule has 4 rings (SSSR count). The average molecular weight is 440 g/mol. The molecule has 2 unspecified atom stereocenters. The van der Waals surface area contributed by atoms with E-state index in [1.807, 2.05) is 36.5 Å². The Morgan fingerprint density at radius 2 is 1.81 bits per heavy atom. The third-order valence-electron chi connectivity index (χ3n) is 5.60. The molecule has 0 radical (unpaired) electrons. The number of nitrogens with zero attached hydrogens (tertiary/aromatic N) is 1. The molecule has 0 N–H and O–H groups in total. The molecule has 2 atom stereocenters. The van der Waals surface area contributed by atoms with E-state index in [1.54, 1.807) is 0 Å². The number of allylic oxidation sites excluding steroid dienone is 3. The Morgan fingerprint density at radius 1 is 0.969 bits per heavy atom. The zero-order valence-electron chi connectivity index (χ0n) is 19.0. The fourth-order valence-corrected chi connectivity index (χ4v) is 5.47. The minimum absolute atomic E-state index is 0.434. The molecule has 0 aliphatic heterocycles. The topological polar surface area (TPSA) is 21.6 Å². The van der Waals surface area contributed by atoms with Gasteiger partial charge in [0.2, 0.25) is 0 Å². The SMILES string of the molecule is Cc1cc(C)c(OCC2C=CC=CC2)c(Pc2c(C)cccc2C=Nc2ccccc2)c1. The maximum absolute atomic E-state index is 6.43. The Balaban J connectivity index is 1.63. The van der Waals surface area contributed by atoms with Crippen LogP contribution in [0.25, 0.3) is 0 Å². The summed E-state index contributed by atoms with van der Waals surface area (Å²) >= 11 is 0. The van der Waals surface area contributed by atoms with Crippen molar-refractivity contribution < 1.29 is 4.74 Å². The lowest BCUT2D eigenvalue weighted by Gasteiger charge is -2.20. The van der Waals surface area contributed by atoms with Crippen molar-refractivity contribution in [2.45, 2.75) is 27.2 Å². The van der Waals surface area contributed by atoms with E-state index in [-0.39, 0.29) is 0 Å². The molecule has 0 heterocycles. The van der Waals surface area contributed by atoms with Crippen LogP contribution in [0.1, 0.15) is 28.7 Å². The van der Waals surface area contributed by atoms with E-state index in [0.717, 1.165) is 23.4 Å². The highest BCUT2D eigenvalue weighted by Gasteiger charge is 2.15. The number of para-hydroxylation sites is 1. The highest BCUT2D eigenvalue weighted by molar-refractivity contribution is 7.56. The highest BCUT2D eigenvalue weighted by Crippen LogP contribution is 2.28. The number of aliphatic imine (C=N–C) groups is 1. The van der Waals surface area contributed by atoms with E-state index in [9.17, 15) is 0 Å². The fraction of sp³-hybridized carbons (Fsp3) is 0.207. The van der Waals surface area contributed by atoms with E-state index < -0.39 is 0 Å². The molecule has 0 saturated heterocycles. The van der Waals surface area contributed by atoms with Gasteiger partial charge in [-0.05, 0) is 67.4 Å². The second kappa shape index (κ2) is 10.6. The van der Waals surface area contributed by atoms with Gasteiger partial charge in [-0.25, -0.2) is 0 Å². The normalized spacial score (nSPS) is 15.8. The maximum Gasteiger partial charge on any atom is 0.129 e. The van der Waals surface area contributed by atoms with Gasteiger partial charge in [0.1, 0.15) is 5.75 Å². The van der Waals surface area contributed by atoms with Gasteiger partial charge < -0.3 is 4.74 Å². The summed E-state index contributed by atoms with van der Waals surface area (Å²) in [5.41, 5.74) is 5.89. The minimum atomic E-state index is 0.434. The van der Waals surface area contributed by atoms with Crippen LogP contribution < -0.4 is 15.3 Å². The lowest BCUT2D eigenvalue weighted by molar-refractivity contribution is 0.276. The van der Waals surface area contributed by atoms with Crippen molar-refractivity contribution in [2.24, 2.45) is 10.9 Å². The van der Waals surface area contributed by atoms with Crippen molar-refractivity contribution in [3.63, 3.8) is 0 Å². The molecule has 3 heteroatoms. The molecule has 0 saturated carbocycles. The first-order valence-electron chi connectivity index (χ1n) is 11.1. The van der Waals surface area contributed by atoms with Crippen molar-refractivity contribution >= 4 is 31.1 Å². The van der Waals surface area contributed by atoms with Crippen LogP contribution in [0.3, 0.4) is 0 Å². The van der Waals surface area contributed by atoms with Crippen LogP contribution in [-0.4, -0.2) is 12.8 Å². The van der Waals surface area contributed by atoms with Crippen molar-refractivity contribution in [2.75, 3.05) is 6.61 Å². The Morgan fingerprint density at radius 3 is 2.59 bits per heavy atom. The number of hydrogen-bond acceptors (Lipinski definition) is 2. The van der Waals surface area contributed by atoms with Crippen LogP contribution in [-0.2, 0) is 0 Å². The van der Waals surface area contributed by atoms with Crippen LogP contribution in [0.5, 0.6) is 5.75 Å². The largest absolute Gasteiger partial charge is 0.492 e. The van der Waals surface area contributed by atoms with E-state index in [0.29, 0.717) is 21.1 Å². The Kier molecular flexibility index (Phi) is 7.35. The van der Waals surface area contributed by atoms with Gasteiger partial charge in [-0.2, -0.15) is 0 Å². The van der Waals surface area contributed by atoms with Crippen molar-refractivity contribution in [1.29, 1.82) is 0 Å². The number of hydrogen-bond donors (Lipinski definition) is 0. The quantitative estimate of drug-likeness (QED) is 0.304. The lowest BCUT2D eigenvalue weighted by Crippen LogP contribution is -2.18. The summed E-state index contributed by atoms with van der Waals surface area (Å²) in [6, 6.07) is 21.0. The molecular weight excluding hydrogens is 409 g/mol. The first-order chi connectivity index (χ1) is 15.6. The van der Waals surface area contributed by atoms with Crippen LogP contribution in [0.2, 0.25) is 0 Å².